The number of fused-ring (bicyclic) bond motifs is 1. The van der Waals surface area contributed by atoms with E-state index in [-0.39, 0.29) is 19.1 Å². The highest BCUT2D eigenvalue weighted by molar-refractivity contribution is 5.95. The molecule has 0 fully saturated rings. The zero-order chi connectivity index (χ0) is 22.7. The number of nitrogens with zero attached hydrogens (tertiary/aromatic N) is 5. The normalized spacial score (nSPS) is 13.1. The topological polar surface area (TPSA) is 94.5 Å². The molecule has 2 N–H and O–H groups in total. The number of hydrogen-bond donors (Lipinski definition) is 2. The number of aromatic nitrogens is 3. The van der Waals surface area contributed by atoms with Gasteiger partial charge in [-0.25, -0.2) is 9.97 Å². The molecule has 0 saturated heterocycles. The van der Waals surface area contributed by atoms with Crippen molar-refractivity contribution in [2.45, 2.75) is 26.8 Å². The van der Waals surface area contributed by atoms with E-state index in [1.807, 2.05) is 57.6 Å². The molecule has 1 aliphatic rings. The molecule has 8 heteroatoms. The van der Waals surface area contributed by atoms with E-state index in [0.717, 1.165) is 39.7 Å². The second-order valence-electron chi connectivity index (χ2n) is 8.14. The number of aryl methyl sites for hydroxylation is 2. The molecule has 0 aliphatic carbocycles. The summed E-state index contributed by atoms with van der Waals surface area (Å²) in [6.07, 6.45) is 4.41. The van der Waals surface area contributed by atoms with Crippen LogP contribution < -0.4 is 15.1 Å². The predicted octanol–water partition coefficient (Wildman–Crippen LogP) is 2.22. The van der Waals surface area contributed by atoms with E-state index in [4.69, 9.17) is 10.1 Å². The SMILES string of the molecule is Cc1ccc(Cc2ncc3c(n2)N(C)CN(c2cc(C(=O)NCCO)ccc2C)C3)cn1. The summed E-state index contributed by atoms with van der Waals surface area (Å²) in [5.41, 5.74) is 5.77. The Kier molecular flexibility index (Phi) is 6.32. The molecular formula is C24H28N6O2. The Balaban J connectivity index is 1.55. The zero-order valence-electron chi connectivity index (χ0n) is 18.7. The van der Waals surface area contributed by atoms with Crippen molar-refractivity contribution in [3.63, 3.8) is 0 Å². The van der Waals surface area contributed by atoms with Gasteiger partial charge in [0, 0.05) is 61.5 Å². The van der Waals surface area contributed by atoms with Gasteiger partial charge in [-0.3, -0.25) is 9.78 Å². The van der Waals surface area contributed by atoms with Crippen molar-refractivity contribution in [1.82, 2.24) is 20.3 Å². The first kappa shape index (κ1) is 21.7. The fourth-order valence-corrected chi connectivity index (χ4v) is 3.85. The Hall–Kier alpha value is -3.52. The van der Waals surface area contributed by atoms with Gasteiger partial charge < -0.3 is 20.2 Å². The third-order valence-corrected chi connectivity index (χ3v) is 5.54. The van der Waals surface area contributed by atoms with Crippen molar-refractivity contribution in [2.24, 2.45) is 0 Å². The highest BCUT2D eigenvalue weighted by Crippen LogP contribution is 2.30. The Morgan fingerprint density at radius 2 is 2.00 bits per heavy atom. The number of pyridine rings is 1. The highest BCUT2D eigenvalue weighted by atomic mass is 16.3. The number of amides is 1. The van der Waals surface area contributed by atoms with Crippen molar-refractivity contribution in [2.75, 3.05) is 36.7 Å². The van der Waals surface area contributed by atoms with Crippen LogP contribution in [0.25, 0.3) is 0 Å². The molecule has 1 aliphatic heterocycles. The quantitative estimate of drug-likeness (QED) is 0.617. The number of benzene rings is 1. The van der Waals surface area contributed by atoms with Crippen LogP contribution in [0.2, 0.25) is 0 Å². The number of carbonyl (C=O) groups excluding carboxylic acids is 1. The molecule has 0 saturated carbocycles. The van der Waals surface area contributed by atoms with E-state index in [1.165, 1.54) is 0 Å². The van der Waals surface area contributed by atoms with Crippen LogP contribution in [-0.2, 0) is 13.0 Å². The number of aliphatic hydroxyl groups excluding tert-OH is 1. The van der Waals surface area contributed by atoms with Gasteiger partial charge in [-0.05, 0) is 43.2 Å². The van der Waals surface area contributed by atoms with Crippen molar-refractivity contribution < 1.29 is 9.90 Å². The number of anilines is 2. The van der Waals surface area contributed by atoms with Crippen LogP contribution in [0.4, 0.5) is 11.5 Å². The minimum Gasteiger partial charge on any atom is -0.395 e. The molecule has 8 nitrogen and oxygen atoms in total. The van der Waals surface area contributed by atoms with Crippen LogP contribution in [0.5, 0.6) is 0 Å². The van der Waals surface area contributed by atoms with Gasteiger partial charge >= 0.3 is 0 Å². The van der Waals surface area contributed by atoms with Crippen LogP contribution >= 0.6 is 0 Å². The van der Waals surface area contributed by atoms with Crippen LogP contribution in [0, 0.1) is 13.8 Å². The molecule has 3 aromatic rings. The molecule has 166 valence electrons. The third-order valence-electron chi connectivity index (χ3n) is 5.54. The van der Waals surface area contributed by atoms with Gasteiger partial charge in [0.1, 0.15) is 11.6 Å². The smallest absolute Gasteiger partial charge is 0.251 e. The summed E-state index contributed by atoms with van der Waals surface area (Å²) in [6.45, 7) is 5.47. The summed E-state index contributed by atoms with van der Waals surface area (Å²) in [6, 6.07) is 9.72. The van der Waals surface area contributed by atoms with Gasteiger partial charge in [-0.15, -0.1) is 0 Å². The lowest BCUT2D eigenvalue weighted by Gasteiger charge is -2.37. The summed E-state index contributed by atoms with van der Waals surface area (Å²) in [5.74, 6) is 1.51. The molecule has 0 spiro atoms. The number of aliphatic hydroxyl groups is 1. The monoisotopic (exact) mass is 432 g/mol. The highest BCUT2D eigenvalue weighted by Gasteiger charge is 2.24. The number of hydrogen-bond acceptors (Lipinski definition) is 7. The van der Waals surface area contributed by atoms with Gasteiger partial charge in [0.15, 0.2) is 0 Å². The van der Waals surface area contributed by atoms with Gasteiger partial charge in [0.25, 0.3) is 5.91 Å². The van der Waals surface area contributed by atoms with Crippen LogP contribution in [0.15, 0.2) is 42.7 Å². The van der Waals surface area contributed by atoms with Gasteiger partial charge in [-0.2, -0.15) is 0 Å². The summed E-state index contributed by atoms with van der Waals surface area (Å²) < 4.78 is 0. The first-order valence-corrected chi connectivity index (χ1v) is 10.7. The molecule has 1 aromatic carbocycles. The summed E-state index contributed by atoms with van der Waals surface area (Å²) in [5, 5.41) is 11.7. The van der Waals surface area contributed by atoms with Crippen LogP contribution in [-0.4, -0.2) is 52.8 Å². The van der Waals surface area contributed by atoms with Crippen LogP contribution in [0.3, 0.4) is 0 Å². The van der Waals surface area contributed by atoms with Gasteiger partial charge in [-0.1, -0.05) is 12.1 Å². The average molecular weight is 433 g/mol. The van der Waals surface area contributed by atoms with E-state index in [0.29, 0.717) is 25.2 Å². The van der Waals surface area contributed by atoms with Crippen LogP contribution in [0.1, 0.15) is 38.6 Å². The molecule has 0 atom stereocenters. The lowest BCUT2D eigenvalue weighted by Crippen LogP contribution is -2.41. The van der Waals surface area contributed by atoms with E-state index in [1.54, 1.807) is 0 Å². The first-order valence-electron chi connectivity index (χ1n) is 10.7. The fraction of sp³-hybridized carbons (Fsp3) is 0.333. The largest absolute Gasteiger partial charge is 0.395 e. The predicted molar refractivity (Wildman–Crippen MR) is 124 cm³/mol. The maximum Gasteiger partial charge on any atom is 0.251 e. The van der Waals surface area contributed by atoms with Crippen molar-refractivity contribution in [3.8, 4) is 0 Å². The minimum atomic E-state index is -0.190. The Bertz CT molecular complexity index is 1120. The van der Waals surface area contributed by atoms with E-state index in [9.17, 15) is 4.79 Å². The average Bonchev–Trinajstić information content (AvgIpc) is 2.79. The van der Waals surface area contributed by atoms with Gasteiger partial charge in [0.2, 0.25) is 0 Å². The fourth-order valence-electron chi connectivity index (χ4n) is 3.85. The molecular weight excluding hydrogens is 404 g/mol. The standard InChI is InChI=1S/C24H28N6O2/c1-16-4-7-19(24(32)25-8-9-31)11-21(16)30-14-20-13-27-22(28-23(20)29(3)15-30)10-18-6-5-17(2)26-12-18/h4-7,11-13,31H,8-10,14-15H2,1-3H3,(H,25,32). The number of carbonyl (C=O) groups is 1. The van der Waals surface area contributed by atoms with Gasteiger partial charge in [0.05, 0.1) is 13.3 Å². The van der Waals surface area contributed by atoms with Crippen molar-refractivity contribution in [1.29, 1.82) is 0 Å². The van der Waals surface area contributed by atoms with E-state index < -0.39 is 0 Å². The van der Waals surface area contributed by atoms with E-state index >= 15 is 0 Å². The number of rotatable bonds is 6. The Morgan fingerprint density at radius 3 is 2.75 bits per heavy atom. The summed E-state index contributed by atoms with van der Waals surface area (Å²) in [4.78, 5) is 30.4. The molecule has 1 amide bonds. The molecule has 2 aromatic heterocycles. The minimum absolute atomic E-state index is 0.0828. The molecule has 0 unspecified atom stereocenters. The maximum atomic E-state index is 12.3. The Morgan fingerprint density at radius 1 is 1.16 bits per heavy atom. The zero-order valence-corrected chi connectivity index (χ0v) is 18.7. The maximum absolute atomic E-state index is 12.3. The first-order chi connectivity index (χ1) is 15.4. The second-order valence-corrected chi connectivity index (χ2v) is 8.14. The molecule has 4 rings (SSSR count). The molecule has 3 heterocycles. The number of nitrogens with one attached hydrogen (secondary N) is 1. The lowest BCUT2D eigenvalue weighted by atomic mass is 10.1. The van der Waals surface area contributed by atoms with Crippen molar-refractivity contribution in [3.05, 3.63) is 76.5 Å². The summed E-state index contributed by atoms with van der Waals surface area (Å²) >= 11 is 0. The Labute approximate surface area is 188 Å². The summed E-state index contributed by atoms with van der Waals surface area (Å²) in [7, 11) is 2.02. The van der Waals surface area contributed by atoms with E-state index in [2.05, 4.69) is 31.2 Å². The third kappa shape index (κ3) is 4.70. The lowest BCUT2D eigenvalue weighted by molar-refractivity contribution is 0.0945. The second kappa shape index (κ2) is 9.32. The van der Waals surface area contributed by atoms with Crippen molar-refractivity contribution >= 4 is 17.4 Å². The molecule has 0 bridgehead atoms. The molecule has 32 heavy (non-hydrogen) atoms. The molecule has 0 radical (unpaired) electrons.